The number of hydrogen-bond donors (Lipinski definition) is 0. The molecule has 0 unspecified atom stereocenters. The lowest BCUT2D eigenvalue weighted by atomic mass is 10.2. The average molecular weight is 354 g/mol. The maximum Gasteiger partial charge on any atom is 0.235 e. The van der Waals surface area contributed by atoms with Crippen molar-refractivity contribution in [2.45, 2.75) is 6.61 Å². The lowest BCUT2D eigenvalue weighted by Crippen LogP contribution is -1.99. The van der Waals surface area contributed by atoms with Gasteiger partial charge in [-0.25, -0.2) is 0 Å². The zero-order valence-electron chi connectivity index (χ0n) is 12.2. The number of halogens is 2. The van der Waals surface area contributed by atoms with Crippen LogP contribution in [0.15, 0.2) is 42.6 Å². The van der Waals surface area contributed by atoms with Crippen LogP contribution in [0.4, 0.5) is 0 Å². The van der Waals surface area contributed by atoms with Gasteiger partial charge in [0, 0.05) is 16.7 Å². The summed E-state index contributed by atoms with van der Waals surface area (Å²) in [5.74, 6) is 0.736. The smallest absolute Gasteiger partial charge is 0.235 e. The lowest BCUT2D eigenvalue weighted by Gasteiger charge is -2.13. The fourth-order valence-electron chi connectivity index (χ4n) is 1.89. The highest BCUT2D eigenvalue weighted by molar-refractivity contribution is 6.32. The van der Waals surface area contributed by atoms with Crippen LogP contribution in [0.5, 0.6) is 11.5 Å². The van der Waals surface area contributed by atoms with Gasteiger partial charge in [-0.2, -0.15) is 0 Å². The molecule has 0 aliphatic carbocycles. The Hall–Kier alpha value is -2.24. The van der Waals surface area contributed by atoms with Gasteiger partial charge in [-0.15, -0.1) is 0 Å². The van der Waals surface area contributed by atoms with E-state index in [9.17, 15) is 10.1 Å². The molecule has 7 heteroatoms. The molecule has 0 amide bonds. The molecule has 2 aromatic carbocycles. The normalized spacial score (nSPS) is 10.7. The van der Waals surface area contributed by atoms with Gasteiger partial charge in [0.1, 0.15) is 6.61 Å². The van der Waals surface area contributed by atoms with E-state index in [1.807, 2.05) is 18.2 Å². The maximum atomic E-state index is 10.4. The molecule has 0 spiro atoms. The van der Waals surface area contributed by atoms with Crippen LogP contribution in [-0.2, 0) is 6.61 Å². The van der Waals surface area contributed by atoms with Crippen molar-refractivity contribution in [3.8, 4) is 11.5 Å². The van der Waals surface area contributed by atoms with Crippen molar-refractivity contribution in [1.29, 1.82) is 0 Å². The second-order valence-electron chi connectivity index (χ2n) is 4.52. The number of nitrogens with zero attached hydrogens (tertiary/aromatic N) is 1. The first-order chi connectivity index (χ1) is 11.0. The highest BCUT2D eigenvalue weighted by Crippen LogP contribution is 2.37. The number of methoxy groups -OCH3 is 1. The second kappa shape index (κ2) is 7.85. The molecule has 0 radical (unpaired) electrons. The Labute approximate surface area is 143 Å². The summed E-state index contributed by atoms with van der Waals surface area (Å²) < 4.78 is 11.0. The third-order valence-corrected chi connectivity index (χ3v) is 3.62. The Morgan fingerprint density at radius 2 is 1.96 bits per heavy atom. The lowest BCUT2D eigenvalue weighted by molar-refractivity contribution is -0.400. The van der Waals surface area contributed by atoms with Gasteiger partial charge >= 0.3 is 0 Å². The van der Waals surface area contributed by atoms with Crippen LogP contribution < -0.4 is 9.47 Å². The van der Waals surface area contributed by atoms with E-state index < -0.39 is 4.92 Å². The van der Waals surface area contributed by atoms with E-state index in [1.165, 1.54) is 13.2 Å². The van der Waals surface area contributed by atoms with Crippen molar-refractivity contribution in [3.05, 3.63) is 73.9 Å². The van der Waals surface area contributed by atoms with Gasteiger partial charge in [-0.1, -0.05) is 41.4 Å². The van der Waals surface area contributed by atoms with Crippen molar-refractivity contribution >= 4 is 29.3 Å². The van der Waals surface area contributed by atoms with Crippen LogP contribution in [0.3, 0.4) is 0 Å². The van der Waals surface area contributed by atoms with Gasteiger partial charge in [0.2, 0.25) is 6.20 Å². The molecule has 0 fully saturated rings. The standard InChI is InChI=1S/C16H13Cl2NO4/c1-22-15-9-11(6-7-19(20)21)8-14(18)16(15)23-10-12-4-2-3-5-13(12)17/h2-9H,10H2,1H3. The van der Waals surface area contributed by atoms with E-state index in [-0.39, 0.29) is 6.61 Å². The van der Waals surface area contributed by atoms with E-state index in [2.05, 4.69) is 0 Å². The summed E-state index contributed by atoms with van der Waals surface area (Å²) in [5, 5.41) is 11.3. The second-order valence-corrected chi connectivity index (χ2v) is 5.33. The molecule has 0 bridgehead atoms. The third-order valence-electron chi connectivity index (χ3n) is 2.97. The van der Waals surface area contributed by atoms with Gasteiger partial charge in [0.15, 0.2) is 11.5 Å². The molecule has 0 saturated carbocycles. The van der Waals surface area contributed by atoms with Crippen LogP contribution in [0.1, 0.15) is 11.1 Å². The summed E-state index contributed by atoms with van der Waals surface area (Å²) in [7, 11) is 1.47. The third kappa shape index (κ3) is 4.61. The molecule has 0 aliphatic rings. The Morgan fingerprint density at radius 1 is 1.22 bits per heavy atom. The number of nitro groups is 1. The van der Waals surface area contributed by atoms with Gasteiger partial charge in [0.05, 0.1) is 17.1 Å². The van der Waals surface area contributed by atoms with E-state index in [1.54, 1.807) is 18.2 Å². The van der Waals surface area contributed by atoms with Gasteiger partial charge < -0.3 is 9.47 Å². The zero-order valence-corrected chi connectivity index (χ0v) is 13.7. The van der Waals surface area contributed by atoms with Gasteiger partial charge in [-0.05, 0) is 23.8 Å². The van der Waals surface area contributed by atoms with Crippen molar-refractivity contribution in [2.75, 3.05) is 7.11 Å². The summed E-state index contributed by atoms with van der Waals surface area (Å²) in [5.41, 5.74) is 1.35. The largest absolute Gasteiger partial charge is 0.493 e. The number of hydrogen-bond acceptors (Lipinski definition) is 4. The first-order valence-corrected chi connectivity index (χ1v) is 7.32. The van der Waals surface area contributed by atoms with Crippen LogP contribution in [0, 0.1) is 10.1 Å². The summed E-state index contributed by atoms with van der Waals surface area (Å²) in [6.07, 6.45) is 2.15. The zero-order chi connectivity index (χ0) is 16.8. The molecule has 0 atom stereocenters. The molecule has 5 nitrogen and oxygen atoms in total. The van der Waals surface area contributed by atoms with Crippen molar-refractivity contribution in [2.24, 2.45) is 0 Å². The molecule has 120 valence electrons. The molecule has 0 saturated heterocycles. The van der Waals surface area contributed by atoms with Crippen molar-refractivity contribution in [1.82, 2.24) is 0 Å². The molecule has 0 aliphatic heterocycles. The predicted octanol–water partition coefficient (Wildman–Crippen LogP) is 4.83. The van der Waals surface area contributed by atoms with E-state index >= 15 is 0 Å². The predicted molar refractivity (Wildman–Crippen MR) is 89.8 cm³/mol. The first kappa shape index (κ1) is 17.1. The monoisotopic (exact) mass is 353 g/mol. The minimum atomic E-state index is -0.553. The number of ether oxygens (including phenoxy) is 2. The average Bonchev–Trinajstić information content (AvgIpc) is 2.52. The first-order valence-electron chi connectivity index (χ1n) is 6.56. The van der Waals surface area contributed by atoms with Crippen LogP contribution in [0.2, 0.25) is 10.0 Å². The van der Waals surface area contributed by atoms with Crippen molar-refractivity contribution in [3.63, 3.8) is 0 Å². The summed E-state index contributed by atoms with van der Waals surface area (Å²) in [6, 6.07) is 10.5. The number of rotatable bonds is 6. The fourth-order valence-corrected chi connectivity index (χ4v) is 2.35. The quantitative estimate of drug-likeness (QED) is 0.551. The SMILES string of the molecule is COc1cc(C=C[N+](=O)[O-])cc(Cl)c1OCc1ccccc1Cl. The Kier molecular flexibility index (Phi) is 5.84. The summed E-state index contributed by atoms with van der Waals surface area (Å²) in [4.78, 5) is 9.83. The topological polar surface area (TPSA) is 61.6 Å². The van der Waals surface area contributed by atoms with Crippen LogP contribution in [0.25, 0.3) is 6.08 Å². The molecule has 2 rings (SSSR count). The van der Waals surface area contributed by atoms with E-state index in [0.717, 1.165) is 11.8 Å². The highest BCUT2D eigenvalue weighted by Gasteiger charge is 2.12. The minimum Gasteiger partial charge on any atom is -0.493 e. The molecule has 2 aromatic rings. The van der Waals surface area contributed by atoms with Gasteiger partial charge in [-0.3, -0.25) is 10.1 Å². The van der Waals surface area contributed by atoms with Gasteiger partial charge in [0.25, 0.3) is 0 Å². The number of benzene rings is 2. The van der Waals surface area contributed by atoms with Crippen LogP contribution >= 0.6 is 23.2 Å². The van der Waals surface area contributed by atoms with E-state index in [0.29, 0.717) is 27.1 Å². The van der Waals surface area contributed by atoms with Crippen molar-refractivity contribution < 1.29 is 14.4 Å². The Morgan fingerprint density at radius 3 is 2.61 bits per heavy atom. The molecule has 0 aromatic heterocycles. The molecule has 23 heavy (non-hydrogen) atoms. The molecular weight excluding hydrogens is 341 g/mol. The van der Waals surface area contributed by atoms with Crippen LogP contribution in [-0.4, -0.2) is 12.0 Å². The minimum absolute atomic E-state index is 0.222. The van der Waals surface area contributed by atoms with E-state index in [4.69, 9.17) is 32.7 Å². The maximum absolute atomic E-state index is 10.4. The summed E-state index contributed by atoms with van der Waals surface area (Å²) >= 11 is 12.3. The Balaban J connectivity index is 2.24. The Bertz CT molecular complexity index is 747. The molecule has 0 heterocycles. The highest BCUT2D eigenvalue weighted by atomic mass is 35.5. The fraction of sp³-hybridized carbons (Fsp3) is 0.125. The molecule has 0 N–H and O–H groups in total. The summed E-state index contributed by atoms with van der Waals surface area (Å²) in [6.45, 7) is 0.222. The molecular formula is C16H13Cl2NO4.